The van der Waals surface area contributed by atoms with Crippen LogP contribution in [0.4, 0.5) is 0 Å². The first kappa shape index (κ1) is 14.6. The summed E-state index contributed by atoms with van der Waals surface area (Å²) in [6, 6.07) is 4.71. The number of aryl methyl sites for hydroxylation is 2. The van der Waals surface area contributed by atoms with Gasteiger partial charge in [0.15, 0.2) is 0 Å². The lowest BCUT2D eigenvalue weighted by atomic mass is 9.83. The van der Waals surface area contributed by atoms with Crippen molar-refractivity contribution in [2.45, 2.75) is 65.3 Å². The predicted molar refractivity (Wildman–Crippen MR) is 88.9 cm³/mol. The van der Waals surface area contributed by atoms with Crippen LogP contribution < -0.4 is 5.32 Å². The maximum Gasteiger partial charge on any atom is 0.134 e. The smallest absolute Gasteiger partial charge is 0.134 e. The second-order valence-electron chi connectivity index (χ2n) is 7.25. The Bertz CT molecular complexity index is 646. The maximum absolute atomic E-state index is 6.23. The van der Waals surface area contributed by atoms with Gasteiger partial charge in [0, 0.05) is 10.9 Å². The van der Waals surface area contributed by atoms with Crippen molar-refractivity contribution in [2.24, 2.45) is 0 Å². The Morgan fingerprint density at radius 3 is 2.38 bits per heavy atom. The fraction of sp³-hybridized carbons (Fsp3) is 0.579. The second kappa shape index (κ2) is 5.49. The fourth-order valence-corrected chi connectivity index (χ4v) is 3.56. The summed E-state index contributed by atoms with van der Waals surface area (Å²) >= 11 is 0. The molecule has 1 N–H and O–H groups in total. The lowest BCUT2D eigenvalue weighted by Crippen LogP contribution is -2.18. The average Bonchev–Trinajstić information content (AvgIpc) is 2.79. The van der Waals surface area contributed by atoms with Crippen molar-refractivity contribution in [1.82, 2.24) is 5.32 Å². The maximum atomic E-state index is 6.23. The van der Waals surface area contributed by atoms with E-state index >= 15 is 0 Å². The monoisotopic (exact) mass is 285 g/mol. The van der Waals surface area contributed by atoms with Gasteiger partial charge in [0.2, 0.25) is 0 Å². The van der Waals surface area contributed by atoms with Crippen LogP contribution in [0.25, 0.3) is 11.0 Å². The molecule has 1 heterocycles. The number of furan rings is 1. The van der Waals surface area contributed by atoms with E-state index in [4.69, 9.17) is 4.42 Å². The lowest BCUT2D eigenvalue weighted by Gasteiger charge is -2.20. The van der Waals surface area contributed by atoms with Crippen LogP contribution in [0.1, 0.15) is 63.0 Å². The molecule has 1 aromatic carbocycles. The lowest BCUT2D eigenvalue weighted by molar-refractivity contribution is 0.487. The fourth-order valence-electron chi connectivity index (χ4n) is 3.56. The first-order valence-corrected chi connectivity index (χ1v) is 8.29. The van der Waals surface area contributed by atoms with Gasteiger partial charge in [-0.3, -0.25) is 0 Å². The van der Waals surface area contributed by atoms with Gasteiger partial charge >= 0.3 is 0 Å². The Labute approximate surface area is 127 Å². The zero-order valence-corrected chi connectivity index (χ0v) is 13.8. The standard InChI is InChI=1S/C19H27NO/c1-5-20-12-17-18(19(2,3)4)15-10-13-8-6-7-9-14(13)11-16(15)21-17/h10-11,20H,5-9,12H2,1-4H3. The number of hydrogen-bond donors (Lipinski definition) is 1. The van der Waals surface area contributed by atoms with Crippen LogP contribution in [0.5, 0.6) is 0 Å². The van der Waals surface area contributed by atoms with E-state index in [1.165, 1.54) is 47.8 Å². The molecule has 0 aliphatic heterocycles. The minimum absolute atomic E-state index is 0.110. The quantitative estimate of drug-likeness (QED) is 0.883. The summed E-state index contributed by atoms with van der Waals surface area (Å²) < 4.78 is 6.23. The third kappa shape index (κ3) is 2.74. The highest BCUT2D eigenvalue weighted by Crippen LogP contribution is 2.38. The van der Waals surface area contributed by atoms with E-state index < -0.39 is 0 Å². The van der Waals surface area contributed by atoms with Crippen molar-refractivity contribution in [3.05, 3.63) is 34.6 Å². The van der Waals surface area contributed by atoms with E-state index in [9.17, 15) is 0 Å². The van der Waals surface area contributed by atoms with E-state index in [0.29, 0.717) is 0 Å². The highest BCUT2D eigenvalue weighted by molar-refractivity contribution is 5.85. The Morgan fingerprint density at radius 2 is 1.76 bits per heavy atom. The summed E-state index contributed by atoms with van der Waals surface area (Å²) in [5.41, 5.74) is 5.60. The molecule has 1 aromatic heterocycles. The average molecular weight is 285 g/mol. The molecule has 2 aromatic rings. The molecule has 0 spiro atoms. The summed E-state index contributed by atoms with van der Waals surface area (Å²) in [7, 11) is 0. The molecule has 0 radical (unpaired) electrons. The Kier molecular flexibility index (Phi) is 3.83. The zero-order chi connectivity index (χ0) is 15.0. The summed E-state index contributed by atoms with van der Waals surface area (Å²) in [5, 5.41) is 4.74. The van der Waals surface area contributed by atoms with Crippen molar-refractivity contribution < 1.29 is 4.42 Å². The molecule has 21 heavy (non-hydrogen) atoms. The van der Waals surface area contributed by atoms with E-state index in [1.807, 2.05) is 0 Å². The largest absolute Gasteiger partial charge is 0.459 e. The van der Waals surface area contributed by atoms with Crippen molar-refractivity contribution in [3.8, 4) is 0 Å². The van der Waals surface area contributed by atoms with Gasteiger partial charge in [0.05, 0.1) is 6.54 Å². The van der Waals surface area contributed by atoms with Crippen LogP contribution in [0.3, 0.4) is 0 Å². The molecule has 1 aliphatic rings. The van der Waals surface area contributed by atoms with Crippen LogP contribution in [-0.2, 0) is 24.8 Å². The Balaban J connectivity index is 2.17. The van der Waals surface area contributed by atoms with Crippen molar-refractivity contribution in [2.75, 3.05) is 6.54 Å². The van der Waals surface area contributed by atoms with Gasteiger partial charge in [-0.15, -0.1) is 0 Å². The van der Waals surface area contributed by atoms with Gasteiger partial charge in [-0.25, -0.2) is 0 Å². The van der Waals surface area contributed by atoms with Gasteiger partial charge in [-0.05, 0) is 60.9 Å². The van der Waals surface area contributed by atoms with Gasteiger partial charge in [0.25, 0.3) is 0 Å². The Morgan fingerprint density at radius 1 is 1.10 bits per heavy atom. The Hall–Kier alpha value is -1.28. The molecule has 2 heteroatoms. The van der Waals surface area contributed by atoms with Crippen molar-refractivity contribution in [3.63, 3.8) is 0 Å². The molecular weight excluding hydrogens is 258 g/mol. The molecule has 3 rings (SSSR count). The van der Waals surface area contributed by atoms with Crippen molar-refractivity contribution >= 4 is 11.0 Å². The van der Waals surface area contributed by atoms with Gasteiger partial charge in [-0.2, -0.15) is 0 Å². The number of rotatable bonds is 3. The minimum atomic E-state index is 0.110. The molecule has 0 fully saturated rings. The number of hydrogen-bond acceptors (Lipinski definition) is 2. The van der Waals surface area contributed by atoms with E-state index in [0.717, 1.165) is 24.4 Å². The van der Waals surface area contributed by atoms with Crippen LogP contribution in [0.2, 0.25) is 0 Å². The predicted octanol–water partition coefficient (Wildman–Crippen LogP) is 4.72. The molecule has 114 valence electrons. The highest BCUT2D eigenvalue weighted by Gasteiger charge is 2.26. The molecule has 0 unspecified atom stereocenters. The third-order valence-electron chi connectivity index (χ3n) is 4.51. The van der Waals surface area contributed by atoms with Crippen molar-refractivity contribution in [1.29, 1.82) is 0 Å². The van der Waals surface area contributed by atoms with E-state index in [-0.39, 0.29) is 5.41 Å². The van der Waals surface area contributed by atoms with E-state index in [2.05, 4.69) is 45.1 Å². The van der Waals surface area contributed by atoms with Gasteiger partial charge in [0.1, 0.15) is 11.3 Å². The van der Waals surface area contributed by atoms with Gasteiger partial charge < -0.3 is 9.73 Å². The summed E-state index contributed by atoms with van der Waals surface area (Å²) in [5.74, 6) is 1.11. The molecule has 0 saturated heterocycles. The molecule has 2 nitrogen and oxygen atoms in total. The minimum Gasteiger partial charge on any atom is -0.459 e. The van der Waals surface area contributed by atoms with Crippen LogP contribution in [-0.4, -0.2) is 6.54 Å². The molecule has 0 bridgehead atoms. The number of benzene rings is 1. The molecule has 1 aliphatic carbocycles. The molecule has 0 atom stereocenters. The van der Waals surface area contributed by atoms with Crippen LogP contribution in [0, 0.1) is 0 Å². The van der Waals surface area contributed by atoms with E-state index in [1.54, 1.807) is 0 Å². The summed E-state index contributed by atoms with van der Waals surface area (Å²) in [6.45, 7) is 10.8. The van der Waals surface area contributed by atoms with Gasteiger partial charge in [-0.1, -0.05) is 27.7 Å². The zero-order valence-electron chi connectivity index (χ0n) is 13.8. The normalized spacial score (nSPS) is 15.4. The summed E-state index contributed by atoms with van der Waals surface area (Å²) in [4.78, 5) is 0. The first-order chi connectivity index (χ1) is 10.0. The number of nitrogens with one attached hydrogen (secondary N) is 1. The third-order valence-corrected chi connectivity index (χ3v) is 4.51. The SMILES string of the molecule is CCNCc1oc2cc3c(cc2c1C(C)(C)C)CCCC3. The first-order valence-electron chi connectivity index (χ1n) is 8.29. The molecular formula is C19H27NO. The van der Waals surface area contributed by atoms with Crippen LogP contribution >= 0.6 is 0 Å². The number of fused-ring (bicyclic) bond motifs is 2. The highest BCUT2D eigenvalue weighted by atomic mass is 16.3. The van der Waals surface area contributed by atoms with Crippen LogP contribution in [0.15, 0.2) is 16.5 Å². The molecule has 0 amide bonds. The topological polar surface area (TPSA) is 25.2 Å². The second-order valence-corrected chi connectivity index (χ2v) is 7.25. The summed E-state index contributed by atoms with van der Waals surface area (Å²) in [6.07, 6.45) is 5.07. The molecule has 0 saturated carbocycles.